The van der Waals surface area contributed by atoms with Crippen LogP contribution in [0.2, 0.25) is 0 Å². The van der Waals surface area contributed by atoms with Gasteiger partial charge in [0.15, 0.2) is 0 Å². The molecule has 0 atom stereocenters. The van der Waals surface area contributed by atoms with E-state index < -0.39 is 10.0 Å². The number of thiophene rings is 1. The van der Waals surface area contributed by atoms with E-state index in [1.807, 2.05) is 31.4 Å². The van der Waals surface area contributed by atoms with E-state index in [2.05, 4.69) is 4.72 Å². The molecule has 2 rings (SSSR count). The molecule has 0 bridgehead atoms. The van der Waals surface area contributed by atoms with Crippen LogP contribution in [0.3, 0.4) is 0 Å². The van der Waals surface area contributed by atoms with Crippen LogP contribution in [0.25, 0.3) is 0 Å². The summed E-state index contributed by atoms with van der Waals surface area (Å²) < 4.78 is 32.3. The molecule has 0 aliphatic rings. The van der Waals surface area contributed by atoms with Gasteiger partial charge in [0.05, 0.1) is 11.0 Å². The fourth-order valence-corrected chi connectivity index (χ4v) is 3.37. The van der Waals surface area contributed by atoms with Gasteiger partial charge in [-0.05, 0) is 49.6 Å². The molecule has 1 N–H and O–H groups in total. The second-order valence-electron chi connectivity index (χ2n) is 4.54. The zero-order chi connectivity index (χ0) is 14.6. The molecule has 108 valence electrons. The zero-order valence-corrected chi connectivity index (χ0v) is 13.0. The predicted octanol–water partition coefficient (Wildman–Crippen LogP) is 3.01. The van der Waals surface area contributed by atoms with Crippen molar-refractivity contribution in [2.75, 3.05) is 0 Å². The first-order chi connectivity index (χ1) is 9.47. The molecule has 0 spiro atoms. The lowest BCUT2D eigenvalue weighted by Crippen LogP contribution is -2.22. The quantitative estimate of drug-likeness (QED) is 0.892. The third-order valence-corrected chi connectivity index (χ3v) is 4.82. The van der Waals surface area contributed by atoms with Crippen LogP contribution in [-0.4, -0.2) is 14.5 Å². The Kier molecular flexibility index (Phi) is 4.80. The maximum Gasteiger partial charge on any atom is 0.240 e. The van der Waals surface area contributed by atoms with Gasteiger partial charge >= 0.3 is 0 Å². The van der Waals surface area contributed by atoms with Gasteiger partial charge in [0, 0.05) is 11.4 Å². The largest absolute Gasteiger partial charge is 0.491 e. The Morgan fingerprint density at radius 2 is 1.90 bits per heavy atom. The molecule has 4 nitrogen and oxygen atoms in total. The van der Waals surface area contributed by atoms with Crippen molar-refractivity contribution in [2.45, 2.75) is 31.4 Å². The Morgan fingerprint density at radius 1 is 1.20 bits per heavy atom. The maximum absolute atomic E-state index is 12.1. The van der Waals surface area contributed by atoms with Gasteiger partial charge in [-0.2, -0.15) is 0 Å². The number of benzene rings is 1. The van der Waals surface area contributed by atoms with Crippen LogP contribution in [0, 0.1) is 0 Å². The number of nitrogens with one attached hydrogen (secondary N) is 1. The molecule has 1 aromatic carbocycles. The number of hydrogen-bond donors (Lipinski definition) is 1. The first kappa shape index (κ1) is 15.0. The number of hydrogen-bond acceptors (Lipinski definition) is 4. The third kappa shape index (κ3) is 4.06. The molecule has 0 saturated heterocycles. The summed E-state index contributed by atoms with van der Waals surface area (Å²) in [6.45, 7) is 4.16. The summed E-state index contributed by atoms with van der Waals surface area (Å²) in [4.78, 5) is 1.22. The molecule has 0 amide bonds. The van der Waals surface area contributed by atoms with E-state index in [-0.39, 0.29) is 11.0 Å². The average Bonchev–Trinajstić information content (AvgIpc) is 2.89. The monoisotopic (exact) mass is 311 g/mol. The fraction of sp³-hybridized carbons (Fsp3) is 0.286. The van der Waals surface area contributed by atoms with E-state index >= 15 is 0 Å². The molecule has 2 aromatic rings. The van der Waals surface area contributed by atoms with Gasteiger partial charge in [-0.15, -0.1) is 11.3 Å². The fourth-order valence-electron chi connectivity index (χ4n) is 1.63. The lowest BCUT2D eigenvalue weighted by molar-refractivity contribution is 0.242. The summed E-state index contributed by atoms with van der Waals surface area (Å²) in [6, 6.07) is 10.2. The van der Waals surface area contributed by atoms with Gasteiger partial charge in [0.1, 0.15) is 5.75 Å². The van der Waals surface area contributed by atoms with Crippen molar-refractivity contribution in [1.82, 2.24) is 4.72 Å². The predicted molar refractivity (Wildman–Crippen MR) is 80.6 cm³/mol. The molecular formula is C14H17NO3S2. The minimum Gasteiger partial charge on any atom is -0.491 e. The van der Waals surface area contributed by atoms with Gasteiger partial charge in [0.2, 0.25) is 10.0 Å². The van der Waals surface area contributed by atoms with E-state index in [0.717, 1.165) is 4.88 Å². The molecule has 0 aliphatic heterocycles. The van der Waals surface area contributed by atoms with Crippen LogP contribution < -0.4 is 9.46 Å². The first-order valence-electron chi connectivity index (χ1n) is 6.26. The van der Waals surface area contributed by atoms with Gasteiger partial charge in [0.25, 0.3) is 0 Å². The Morgan fingerprint density at radius 3 is 2.45 bits per heavy atom. The highest BCUT2D eigenvalue weighted by molar-refractivity contribution is 7.89. The molecule has 0 fully saturated rings. The summed E-state index contributed by atoms with van der Waals surface area (Å²) in [7, 11) is -3.48. The van der Waals surface area contributed by atoms with Crippen molar-refractivity contribution >= 4 is 21.4 Å². The SMILES string of the molecule is CC(C)Oc1ccc(S(=O)(=O)NCc2cccs2)cc1. The van der Waals surface area contributed by atoms with Crippen molar-refractivity contribution in [2.24, 2.45) is 0 Å². The van der Waals surface area contributed by atoms with Crippen LogP contribution in [0.15, 0.2) is 46.7 Å². The average molecular weight is 311 g/mol. The Labute approximate surface area is 123 Å². The zero-order valence-electron chi connectivity index (χ0n) is 11.4. The molecule has 1 heterocycles. The van der Waals surface area contributed by atoms with Crippen LogP contribution >= 0.6 is 11.3 Å². The van der Waals surface area contributed by atoms with Crippen LogP contribution in [-0.2, 0) is 16.6 Å². The highest BCUT2D eigenvalue weighted by Gasteiger charge is 2.14. The van der Waals surface area contributed by atoms with Crippen LogP contribution in [0.1, 0.15) is 18.7 Å². The van der Waals surface area contributed by atoms with Crippen LogP contribution in [0.4, 0.5) is 0 Å². The third-order valence-electron chi connectivity index (χ3n) is 2.52. The maximum atomic E-state index is 12.1. The summed E-state index contributed by atoms with van der Waals surface area (Å²) in [5.74, 6) is 0.664. The van der Waals surface area contributed by atoms with Gasteiger partial charge < -0.3 is 4.74 Å². The van der Waals surface area contributed by atoms with Gasteiger partial charge in [-0.3, -0.25) is 0 Å². The first-order valence-corrected chi connectivity index (χ1v) is 8.62. The lowest BCUT2D eigenvalue weighted by atomic mass is 10.3. The molecule has 20 heavy (non-hydrogen) atoms. The lowest BCUT2D eigenvalue weighted by Gasteiger charge is -2.10. The number of sulfonamides is 1. The van der Waals surface area contributed by atoms with Crippen molar-refractivity contribution in [3.05, 3.63) is 46.7 Å². The minimum absolute atomic E-state index is 0.0643. The summed E-state index contributed by atoms with van der Waals surface area (Å²) in [5, 5.41) is 1.92. The molecular weight excluding hydrogens is 294 g/mol. The summed E-state index contributed by atoms with van der Waals surface area (Å²) in [6.07, 6.45) is 0.0643. The van der Waals surface area contributed by atoms with Crippen molar-refractivity contribution in [3.63, 3.8) is 0 Å². The second kappa shape index (κ2) is 6.39. The summed E-state index contributed by atoms with van der Waals surface area (Å²) >= 11 is 1.52. The van der Waals surface area contributed by atoms with E-state index in [0.29, 0.717) is 12.3 Å². The Hall–Kier alpha value is -1.37. The van der Waals surface area contributed by atoms with Crippen LogP contribution in [0.5, 0.6) is 5.75 Å². The number of ether oxygens (including phenoxy) is 1. The molecule has 1 aromatic heterocycles. The van der Waals surface area contributed by atoms with E-state index in [4.69, 9.17) is 4.74 Å². The molecule has 0 aliphatic carbocycles. The van der Waals surface area contributed by atoms with Gasteiger partial charge in [-0.25, -0.2) is 13.1 Å². The highest BCUT2D eigenvalue weighted by atomic mass is 32.2. The highest BCUT2D eigenvalue weighted by Crippen LogP contribution is 2.17. The van der Waals surface area contributed by atoms with E-state index in [1.165, 1.54) is 11.3 Å². The topological polar surface area (TPSA) is 55.4 Å². The van der Waals surface area contributed by atoms with E-state index in [9.17, 15) is 8.42 Å². The molecule has 0 saturated carbocycles. The molecule has 0 unspecified atom stereocenters. The molecule has 0 radical (unpaired) electrons. The normalized spacial score (nSPS) is 11.8. The Bertz CT molecular complexity index is 632. The summed E-state index contributed by atoms with van der Waals surface area (Å²) in [5.41, 5.74) is 0. The van der Waals surface area contributed by atoms with Crippen molar-refractivity contribution in [1.29, 1.82) is 0 Å². The van der Waals surface area contributed by atoms with E-state index in [1.54, 1.807) is 24.3 Å². The van der Waals surface area contributed by atoms with Gasteiger partial charge in [-0.1, -0.05) is 6.07 Å². The minimum atomic E-state index is -3.48. The van der Waals surface area contributed by atoms with Crippen molar-refractivity contribution < 1.29 is 13.2 Å². The molecule has 6 heteroatoms. The Balaban J connectivity index is 2.05. The van der Waals surface area contributed by atoms with Crippen molar-refractivity contribution in [3.8, 4) is 5.75 Å². The second-order valence-corrected chi connectivity index (χ2v) is 7.34. The number of rotatable bonds is 6. The smallest absolute Gasteiger partial charge is 0.240 e. The standard InChI is InChI=1S/C14H17NO3S2/c1-11(2)18-12-5-7-14(8-6-12)20(16,17)15-10-13-4-3-9-19-13/h3-9,11,15H,10H2,1-2H3.